The highest BCUT2D eigenvalue weighted by Gasteiger charge is 2.17. The van der Waals surface area contributed by atoms with E-state index in [0.29, 0.717) is 11.3 Å². The second-order valence-electron chi connectivity index (χ2n) is 5.22. The summed E-state index contributed by atoms with van der Waals surface area (Å²) in [4.78, 5) is 27.1. The number of benzene rings is 1. The molecule has 1 aromatic rings. The Balaban J connectivity index is 2.76. The maximum Gasteiger partial charge on any atom is 0.224 e. The third-order valence-electron chi connectivity index (χ3n) is 3.52. The van der Waals surface area contributed by atoms with Crippen molar-refractivity contribution in [3.8, 4) is 6.07 Å². The second kappa shape index (κ2) is 8.83. The van der Waals surface area contributed by atoms with Gasteiger partial charge in [-0.1, -0.05) is 25.5 Å². The van der Waals surface area contributed by atoms with Gasteiger partial charge in [-0.15, -0.1) is 0 Å². The fraction of sp³-hybridized carbons (Fsp3) is 0.471. The van der Waals surface area contributed by atoms with E-state index in [-0.39, 0.29) is 24.8 Å². The first-order chi connectivity index (χ1) is 10.5. The average molecular weight is 301 g/mol. The molecule has 2 amide bonds. The molecule has 0 unspecified atom stereocenters. The van der Waals surface area contributed by atoms with E-state index in [1.165, 1.54) is 11.8 Å². The van der Waals surface area contributed by atoms with E-state index in [0.717, 1.165) is 19.4 Å². The molecule has 22 heavy (non-hydrogen) atoms. The molecule has 0 spiro atoms. The van der Waals surface area contributed by atoms with Crippen molar-refractivity contribution in [2.75, 3.05) is 25.0 Å². The first-order valence-electron chi connectivity index (χ1n) is 7.52. The zero-order chi connectivity index (χ0) is 16.5. The molecular formula is C17H23N3O2. The predicted octanol–water partition coefficient (Wildman–Crippen LogP) is 2.56. The van der Waals surface area contributed by atoms with Crippen LogP contribution in [0.2, 0.25) is 0 Å². The second-order valence-corrected chi connectivity index (χ2v) is 5.22. The maximum absolute atomic E-state index is 12.1. The number of nitrogens with zero attached hydrogens (tertiary/aromatic N) is 3. The normalized spacial score (nSPS) is 9.91. The molecule has 0 aliphatic rings. The number of hydrogen-bond donors (Lipinski definition) is 0. The topological polar surface area (TPSA) is 64.4 Å². The van der Waals surface area contributed by atoms with E-state index in [9.17, 15) is 9.59 Å². The van der Waals surface area contributed by atoms with Crippen molar-refractivity contribution < 1.29 is 9.59 Å². The number of unbranched alkanes of at least 4 members (excludes halogenated alkanes) is 1. The molecule has 0 heterocycles. The first kappa shape index (κ1) is 17.7. The van der Waals surface area contributed by atoms with Crippen molar-refractivity contribution >= 4 is 17.5 Å². The monoisotopic (exact) mass is 301 g/mol. The Kier molecular flexibility index (Phi) is 7.11. The van der Waals surface area contributed by atoms with Gasteiger partial charge >= 0.3 is 0 Å². The number of amides is 2. The molecule has 5 heteroatoms. The lowest BCUT2D eigenvalue weighted by Gasteiger charge is -2.23. The maximum atomic E-state index is 12.1. The van der Waals surface area contributed by atoms with E-state index >= 15 is 0 Å². The summed E-state index contributed by atoms with van der Waals surface area (Å²) in [5, 5.41) is 9.15. The van der Waals surface area contributed by atoms with Crippen LogP contribution in [0.15, 0.2) is 24.3 Å². The minimum absolute atomic E-state index is 0.00846. The summed E-state index contributed by atoms with van der Waals surface area (Å²) in [5.74, 6) is -0.166. The molecule has 0 fully saturated rings. The van der Waals surface area contributed by atoms with Crippen molar-refractivity contribution in [1.29, 1.82) is 5.26 Å². The van der Waals surface area contributed by atoms with Gasteiger partial charge in [0.1, 0.15) is 6.07 Å². The largest absolute Gasteiger partial charge is 0.346 e. The Labute approximate surface area is 132 Å². The van der Waals surface area contributed by atoms with E-state index in [2.05, 4.69) is 13.0 Å². The van der Waals surface area contributed by atoms with Gasteiger partial charge in [0.2, 0.25) is 11.8 Å². The zero-order valence-electron chi connectivity index (χ0n) is 13.5. The van der Waals surface area contributed by atoms with Crippen molar-refractivity contribution in [3.05, 3.63) is 29.8 Å². The van der Waals surface area contributed by atoms with Crippen molar-refractivity contribution in [3.63, 3.8) is 0 Å². The number of rotatable bonds is 7. The lowest BCUT2D eigenvalue weighted by atomic mass is 10.1. The molecule has 1 aromatic carbocycles. The Hall–Kier alpha value is -2.35. The van der Waals surface area contributed by atoms with Crippen LogP contribution in [-0.4, -0.2) is 36.9 Å². The zero-order valence-corrected chi connectivity index (χ0v) is 13.5. The Morgan fingerprint density at radius 1 is 1.23 bits per heavy atom. The van der Waals surface area contributed by atoms with Crippen LogP contribution in [0.5, 0.6) is 0 Å². The highest BCUT2D eigenvalue weighted by molar-refractivity contribution is 5.93. The first-order valence-corrected chi connectivity index (χ1v) is 7.52. The summed E-state index contributed by atoms with van der Waals surface area (Å²) < 4.78 is 0. The van der Waals surface area contributed by atoms with E-state index < -0.39 is 0 Å². The number of hydrogen-bond acceptors (Lipinski definition) is 3. The van der Waals surface area contributed by atoms with E-state index in [1.54, 1.807) is 36.2 Å². The molecule has 0 radical (unpaired) electrons. The minimum Gasteiger partial charge on any atom is -0.346 e. The Bertz CT molecular complexity index is 563. The van der Waals surface area contributed by atoms with Crippen LogP contribution in [0.4, 0.5) is 5.69 Å². The van der Waals surface area contributed by atoms with Crippen molar-refractivity contribution in [2.45, 2.75) is 33.1 Å². The molecule has 0 bridgehead atoms. The summed E-state index contributed by atoms with van der Waals surface area (Å²) in [6, 6.07) is 9.01. The Morgan fingerprint density at radius 3 is 2.50 bits per heavy atom. The van der Waals surface area contributed by atoms with Crippen LogP contribution < -0.4 is 4.90 Å². The fourth-order valence-corrected chi connectivity index (χ4v) is 2.17. The van der Waals surface area contributed by atoms with E-state index in [4.69, 9.17) is 5.26 Å². The van der Waals surface area contributed by atoms with Crippen LogP contribution in [-0.2, 0) is 9.59 Å². The van der Waals surface area contributed by atoms with Gasteiger partial charge < -0.3 is 9.80 Å². The van der Waals surface area contributed by atoms with Crippen LogP contribution in [0.3, 0.4) is 0 Å². The van der Waals surface area contributed by atoms with Crippen LogP contribution in [0.25, 0.3) is 0 Å². The Morgan fingerprint density at radius 2 is 1.91 bits per heavy atom. The van der Waals surface area contributed by atoms with Gasteiger partial charge in [0.25, 0.3) is 0 Å². The third kappa shape index (κ3) is 4.88. The number of para-hydroxylation sites is 1. The molecule has 0 aromatic heterocycles. The minimum atomic E-state index is -0.174. The van der Waals surface area contributed by atoms with Gasteiger partial charge in [-0.05, 0) is 18.6 Å². The molecular weight excluding hydrogens is 278 g/mol. The quantitative estimate of drug-likeness (QED) is 0.777. The van der Waals surface area contributed by atoms with Gasteiger partial charge in [-0.25, -0.2) is 0 Å². The average Bonchev–Trinajstić information content (AvgIpc) is 2.52. The third-order valence-corrected chi connectivity index (χ3v) is 3.52. The smallest absolute Gasteiger partial charge is 0.224 e. The van der Waals surface area contributed by atoms with Gasteiger partial charge in [0.05, 0.1) is 11.3 Å². The molecule has 5 nitrogen and oxygen atoms in total. The molecule has 0 aliphatic heterocycles. The number of anilines is 1. The summed E-state index contributed by atoms with van der Waals surface area (Å²) in [7, 11) is 1.78. The molecule has 118 valence electrons. The van der Waals surface area contributed by atoms with Crippen molar-refractivity contribution in [2.24, 2.45) is 0 Å². The van der Waals surface area contributed by atoms with Crippen LogP contribution in [0.1, 0.15) is 38.7 Å². The molecule has 0 saturated carbocycles. The van der Waals surface area contributed by atoms with Gasteiger partial charge in [0, 0.05) is 33.5 Å². The molecule has 0 aliphatic carbocycles. The highest BCUT2D eigenvalue weighted by atomic mass is 16.2. The van der Waals surface area contributed by atoms with E-state index in [1.807, 2.05) is 0 Å². The van der Waals surface area contributed by atoms with Crippen LogP contribution >= 0.6 is 0 Å². The standard InChI is InChI=1S/C17H23N3O2/c1-4-5-11-19(3)17(22)10-12-20(14(2)21)16-9-7-6-8-15(16)13-18/h6-9H,4-5,10-12H2,1-3H3. The molecule has 1 rings (SSSR count). The van der Waals surface area contributed by atoms with Gasteiger partial charge in [-0.2, -0.15) is 5.26 Å². The SMILES string of the molecule is CCCCN(C)C(=O)CCN(C(C)=O)c1ccccc1C#N. The summed E-state index contributed by atoms with van der Waals surface area (Å²) in [6.07, 6.45) is 2.25. The lowest BCUT2D eigenvalue weighted by molar-refractivity contribution is -0.129. The van der Waals surface area contributed by atoms with Gasteiger partial charge in [-0.3, -0.25) is 9.59 Å². The highest BCUT2D eigenvalue weighted by Crippen LogP contribution is 2.20. The number of carbonyl (C=O) groups is 2. The molecule has 0 atom stereocenters. The summed E-state index contributed by atoms with van der Waals surface area (Å²) in [6.45, 7) is 4.53. The molecule has 0 saturated heterocycles. The summed E-state index contributed by atoms with van der Waals surface area (Å²) in [5.41, 5.74) is 0.992. The van der Waals surface area contributed by atoms with Crippen molar-refractivity contribution in [1.82, 2.24) is 4.90 Å². The number of nitriles is 1. The predicted molar refractivity (Wildman–Crippen MR) is 86.3 cm³/mol. The lowest BCUT2D eigenvalue weighted by Crippen LogP contribution is -2.35. The van der Waals surface area contributed by atoms with Crippen LogP contribution in [0, 0.1) is 11.3 Å². The van der Waals surface area contributed by atoms with Gasteiger partial charge in [0.15, 0.2) is 0 Å². The summed E-state index contributed by atoms with van der Waals surface area (Å²) >= 11 is 0. The molecule has 0 N–H and O–H groups in total. The number of carbonyl (C=O) groups excluding carboxylic acids is 2. The fourth-order valence-electron chi connectivity index (χ4n) is 2.17.